The number of carboxylic acid groups (broad SMARTS) is 1. The van der Waals surface area contributed by atoms with E-state index in [0.29, 0.717) is 0 Å². The quantitative estimate of drug-likeness (QED) is 0.899. The van der Waals surface area contributed by atoms with Crippen molar-refractivity contribution in [1.29, 1.82) is 0 Å². The summed E-state index contributed by atoms with van der Waals surface area (Å²) in [4.78, 5) is 18.9. The summed E-state index contributed by atoms with van der Waals surface area (Å²) in [5.74, 6) is -0.701. The van der Waals surface area contributed by atoms with Crippen LogP contribution in [-0.4, -0.2) is 33.5 Å². The van der Waals surface area contributed by atoms with Gasteiger partial charge in [-0.05, 0) is 40.2 Å². The van der Waals surface area contributed by atoms with Gasteiger partial charge in [0.2, 0.25) is 0 Å². The Morgan fingerprint density at radius 3 is 2.82 bits per heavy atom. The Labute approximate surface area is 105 Å². The van der Waals surface area contributed by atoms with Crippen LogP contribution >= 0.6 is 11.3 Å². The smallest absolute Gasteiger partial charge is 0.320 e. The zero-order valence-corrected chi connectivity index (χ0v) is 11.3. The lowest BCUT2D eigenvalue weighted by molar-refractivity contribution is -0.142. The van der Waals surface area contributed by atoms with E-state index in [0.717, 1.165) is 30.1 Å². The molecule has 1 aromatic rings. The molecule has 2 rings (SSSR count). The molecule has 1 saturated heterocycles. The van der Waals surface area contributed by atoms with Crippen molar-refractivity contribution in [1.82, 2.24) is 9.88 Å². The van der Waals surface area contributed by atoms with Gasteiger partial charge in [-0.15, -0.1) is 11.3 Å². The second kappa shape index (κ2) is 4.74. The van der Waals surface area contributed by atoms with E-state index in [9.17, 15) is 9.90 Å². The lowest BCUT2D eigenvalue weighted by Gasteiger charge is -2.27. The number of aliphatic carboxylic acids is 1. The van der Waals surface area contributed by atoms with Crippen LogP contribution in [0.25, 0.3) is 0 Å². The Hall–Kier alpha value is -0.940. The van der Waals surface area contributed by atoms with Gasteiger partial charge < -0.3 is 5.11 Å². The third kappa shape index (κ3) is 2.35. The lowest BCUT2D eigenvalue weighted by Crippen LogP contribution is -2.37. The van der Waals surface area contributed by atoms with E-state index in [2.05, 4.69) is 16.8 Å². The first-order chi connectivity index (χ1) is 8.00. The zero-order valence-electron chi connectivity index (χ0n) is 10.4. The van der Waals surface area contributed by atoms with Gasteiger partial charge in [-0.25, -0.2) is 4.98 Å². The van der Waals surface area contributed by atoms with Gasteiger partial charge in [-0.3, -0.25) is 9.69 Å². The molecule has 17 heavy (non-hydrogen) atoms. The van der Waals surface area contributed by atoms with Gasteiger partial charge in [0.15, 0.2) is 0 Å². The van der Waals surface area contributed by atoms with Crippen LogP contribution in [0.5, 0.6) is 0 Å². The predicted molar refractivity (Wildman–Crippen MR) is 67.4 cm³/mol. The van der Waals surface area contributed by atoms with Gasteiger partial charge in [0.25, 0.3) is 0 Å². The van der Waals surface area contributed by atoms with Crippen molar-refractivity contribution < 1.29 is 9.90 Å². The fraction of sp³-hybridized carbons (Fsp3) is 0.667. The van der Waals surface area contributed by atoms with Crippen LogP contribution in [0.4, 0.5) is 0 Å². The minimum atomic E-state index is -0.701. The summed E-state index contributed by atoms with van der Waals surface area (Å²) in [6, 6.07) is -0.170. The third-order valence-corrected chi connectivity index (χ3v) is 4.64. The summed E-state index contributed by atoms with van der Waals surface area (Å²) < 4.78 is 0. The van der Waals surface area contributed by atoms with E-state index in [1.165, 1.54) is 4.88 Å². The zero-order chi connectivity index (χ0) is 12.6. The molecule has 0 bridgehead atoms. The van der Waals surface area contributed by atoms with Crippen LogP contribution < -0.4 is 0 Å². The number of nitrogens with zero attached hydrogens (tertiary/aromatic N) is 2. The largest absolute Gasteiger partial charge is 0.480 e. The topological polar surface area (TPSA) is 53.4 Å². The van der Waals surface area contributed by atoms with E-state index in [-0.39, 0.29) is 12.1 Å². The molecular weight excluding hydrogens is 236 g/mol. The van der Waals surface area contributed by atoms with Crippen molar-refractivity contribution in [2.75, 3.05) is 6.54 Å². The summed E-state index contributed by atoms with van der Waals surface area (Å²) in [5.41, 5.74) is 1.04. The molecule has 1 N–H and O–H groups in total. The maximum Gasteiger partial charge on any atom is 0.320 e. The molecule has 0 radical (unpaired) electrons. The van der Waals surface area contributed by atoms with Gasteiger partial charge in [-0.2, -0.15) is 0 Å². The van der Waals surface area contributed by atoms with Crippen molar-refractivity contribution in [2.45, 2.75) is 45.7 Å². The fourth-order valence-electron chi connectivity index (χ4n) is 2.60. The molecule has 0 amide bonds. The van der Waals surface area contributed by atoms with Gasteiger partial charge in [0.1, 0.15) is 6.04 Å². The Morgan fingerprint density at radius 2 is 2.29 bits per heavy atom. The summed E-state index contributed by atoms with van der Waals surface area (Å²) in [5, 5.41) is 10.3. The van der Waals surface area contributed by atoms with Crippen molar-refractivity contribution >= 4 is 17.3 Å². The molecule has 1 aliphatic heterocycles. The highest BCUT2D eigenvalue weighted by atomic mass is 32.1. The number of carbonyl (C=O) groups is 1. The van der Waals surface area contributed by atoms with Gasteiger partial charge in [0.05, 0.1) is 10.7 Å². The highest BCUT2D eigenvalue weighted by molar-refractivity contribution is 7.11. The fourth-order valence-corrected chi connectivity index (χ4v) is 3.60. The number of rotatable bonds is 3. The number of likely N-dealkylation sites (tertiary alicyclic amines) is 1. The van der Waals surface area contributed by atoms with Crippen molar-refractivity contribution in [2.24, 2.45) is 0 Å². The molecule has 0 saturated carbocycles. The Bertz CT molecular complexity index is 430. The molecule has 4 nitrogen and oxygen atoms in total. The normalized spacial score (nSPS) is 22.9. The molecule has 1 unspecified atom stereocenters. The molecule has 0 aliphatic carbocycles. The highest BCUT2D eigenvalue weighted by Crippen LogP contribution is 2.33. The first-order valence-corrected chi connectivity index (χ1v) is 6.75. The summed E-state index contributed by atoms with van der Waals surface area (Å²) in [6.45, 7) is 6.95. The highest BCUT2D eigenvalue weighted by Gasteiger charge is 2.35. The maximum atomic E-state index is 11.2. The number of thiazole rings is 1. The number of carboxylic acids is 1. The molecule has 94 valence electrons. The van der Waals surface area contributed by atoms with Crippen LogP contribution in [0.3, 0.4) is 0 Å². The third-order valence-electron chi connectivity index (χ3n) is 3.40. The number of aryl methyl sites for hydroxylation is 2. The first-order valence-electron chi connectivity index (χ1n) is 5.93. The molecular formula is C12H18N2O2S. The minimum absolute atomic E-state index is 0.157. The van der Waals surface area contributed by atoms with Gasteiger partial charge >= 0.3 is 5.97 Å². The molecule has 0 spiro atoms. The summed E-state index contributed by atoms with van der Waals surface area (Å²) in [6.07, 6.45) is 1.73. The van der Waals surface area contributed by atoms with E-state index in [1.807, 2.05) is 13.8 Å². The molecule has 0 aromatic carbocycles. The molecule has 1 aliphatic rings. The Kier molecular flexibility index (Phi) is 3.49. The Balaban J connectivity index is 2.22. The molecule has 2 atom stereocenters. The second-order valence-corrected chi connectivity index (χ2v) is 5.83. The van der Waals surface area contributed by atoms with E-state index >= 15 is 0 Å². The maximum absolute atomic E-state index is 11.2. The van der Waals surface area contributed by atoms with Crippen LogP contribution in [0.15, 0.2) is 0 Å². The average molecular weight is 254 g/mol. The molecule has 5 heteroatoms. The predicted octanol–water partition coefficient (Wildman–Crippen LogP) is 2.37. The summed E-state index contributed by atoms with van der Waals surface area (Å²) in [7, 11) is 0. The summed E-state index contributed by atoms with van der Waals surface area (Å²) >= 11 is 1.68. The number of hydrogen-bond donors (Lipinski definition) is 1. The van der Waals surface area contributed by atoms with Gasteiger partial charge in [0, 0.05) is 10.9 Å². The van der Waals surface area contributed by atoms with Crippen molar-refractivity contribution in [3.63, 3.8) is 0 Å². The lowest BCUT2D eigenvalue weighted by atomic mass is 10.1. The van der Waals surface area contributed by atoms with Gasteiger partial charge in [-0.1, -0.05) is 0 Å². The van der Waals surface area contributed by atoms with Crippen LogP contribution in [0, 0.1) is 13.8 Å². The van der Waals surface area contributed by atoms with Crippen LogP contribution in [-0.2, 0) is 4.79 Å². The average Bonchev–Trinajstić information content (AvgIpc) is 2.83. The van der Waals surface area contributed by atoms with E-state index < -0.39 is 5.97 Å². The van der Waals surface area contributed by atoms with Crippen LogP contribution in [0.1, 0.15) is 41.4 Å². The number of aromatic nitrogens is 1. The standard InChI is InChI=1S/C12H18N2O2S/c1-7-11(17-9(3)13-7)8(2)14-6-4-5-10(14)12(15)16/h8,10H,4-6H2,1-3H3,(H,15,16)/t8?,10-/m0/s1. The SMILES string of the molecule is Cc1nc(C)c(C(C)N2CCC[C@H]2C(=O)O)s1. The Morgan fingerprint density at radius 1 is 1.59 bits per heavy atom. The van der Waals surface area contributed by atoms with Crippen molar-refractivity contribution in [3.8, 4) is 0 Å². The van der Waals surface area contributed by atoms with Crippen molar-refractivity contribution in [3.05, 3.63) is 15.6 Å². The second-order valence-electron chi connectivity index (χ2n) is 4.59. The molecule has 2 heterocycles. The number of hydrogen-bond acceptors (Lipinski definition) is 4. The van der Waals surface area contributed by atoms with E-state index in [1.54, 1.807) is 11.3 Å². The molecule has 1 fully saturated rings. The molecule has 1 aromatic heterocycles. The monoisotopic (exact) mass is 254 g/mol. The van der Waals surface area contributed by atoms with E-state index in [4.69, 9.17) is 0 Å². The minimum Gasteiger partial charge on any atom is -0.480 e. The first kappa shape index (κ1) is 12.5. The van der Waals surface area contributed by atoms with Crippen LogP contribution in [0.2, 0.25) is 0 Å².